The van der Waals surface area contributed by atoms with Crippen LogP contribution in [0.1, 0.15) is 74.0 Å². The summed E-state index contributed by atoms with van der Waals surface area (Å²) in [5.41, 5.74) is -1.23. The molecule has 0 bridgehead atoms. The highest BCUT2D eigenvalue weighted by Gasteiger charge is 2.42. The van der Waals surface area contributed by atoms with Crippen LogP contribution in [-0.2, 0) is 10.9 Å². The Bertz CT molecular complexity index is 1140. The van der Waals surface area contributed by atoms with Crippen LogP contribution in [-0.4, -0.2) is 65.3 Å². The van der Waals surface area contributed by atoms with Gasteiger partial charge >= 0.3 is 18.3 Å². The third-order valence-electron chi connectivity index (χ3n) is 7.34. The summed E-state index contributed by atoms with van der Waals surface area (Å²) < 4.78 is 56.9. The van der Waals surface area contributed by atoms with Gasteiger partial charge in [-0.3, -0.25) is 4.79 Å². The van der Waals surface area contributed by atoms with Crippen molar-refractivity contribution >= 4 is 23.5 Å². The maximum atomic E-state index is 13.6. The highest BCUT2D eigenvalue weighted by atomic mass is 19.4. The van der Waals surface area contributed by atoms with E-state index in [2.05, 4.69) is 15.3 Å². The number of nitrogens with zero attached hydrogens (tertiary/aromatic N) is 4. The molecule has 13 heteroatoms. The molecule has 5 rings (SSSR count). The number of nitrogens with one attached hydrogen (secondary N) is 1. The minimum atomic E-state index is -4.89. The molecular formula is C26H32F3N5O5. The summed E-state index contributed by atoms with van der Waals surface area (Å²) in [6, 6.07) is 3.20. The fourth-order valence-corrected chi connectivity index (χ4v) is 5.20. The summed E-state index contributed by atoms with van der Waals surface area (Å²) in [6.07, 6.45) is 3.63. The number of halogens is 3. The number of aromatic nitrogens is 2. The topological polar surface area (TPSA) is 110 Å². The van der Waals surface area contributed by atoms with Crippen LogP contribution in [0.4, 0.5) is 29.5 Å². The lowest BCUT2D eigenvalue weighted by molar-refractivity contribution is -0.141. The molecule has 2 aliphatic carbocycles. The number of carbonyl (C=O) groups excluding carboxylic acids is 2. The number of hydrogen-bond donors (Lipinski definition) is 1. The molecule has 3 heterocycles. The van der Waals surface area contributed by atoms with Crippen molar-refractivity contribution < 1.29 is 36.7 Å². The lowest BCUT2D eigenvalue weighted by Gasteiger charge is -2.35. The Labute approximate surface area is 223 Å². The average molecular weight is 552 g/mol. The van der Waals surface area contributed by atoms with E-state index in [0.29, 0.717) is 44.8 Å². The third-order valence-corrected chi connectivity index (χ3v) is 7.34. The van der Waals surface area contributed by atoms with Gasteiger partial charge in [-0.05, 0) is 63.5 Å². The molecule has 0 spiro atoms. The maximum Gasteiger partial charge on any atom is 0.437 e. The minimum Gasteiger partial charge on any atom is -0.447 e. The first-order valence-electron chi connectivity index (χ1n) is 13.5. The van der Waals surface area contributed by atoms with Crippen LogP contribution in [0.2, 0.25) is 0 Å². The molecule has 212 valence electrons. The van der Waals surface area contributed by atoms with Gasteiger partial charge in [-0.1, -0.05) is 6.42 Å². The highest BCUT2D eigenvalue weighted by molar-refractivity contribution is 6.03. The van der Waals surface area contributed by atoms with E-state index in [4.69, 9.17) is 13.9 Å². The molecule has 0 unspecified atom stereocenters. The molecular weight excluding hydrogens is 519 g/mol. The second-order valence-corrected chi connectivity index (χ2v) is 10.2. The predicted molar refractivity (Wildman–Crippen MR) is 134 cm³/mol. The molecule has 1 saturated heterocycles. The van der Waals surface area contributed by atoms with E-state index in [-0.39, 0.29) is 24.0 Å². The van der Waals surface area contributed by atoms with E-state index in [9.17, 15) is 22.8 Å². The van der Waals surface area contributed by atoms with Crippen molar-refractivity contribution in [2.45, 2.75) is 76.2 Å². The quantitative estimate of drug-likeness (QED) is 0.518. The predicted octanol–water partition coefficient (Wildman–Crippen LogP) is 5.25. The van der Waals surface area contributed by atoms with Crippen LogP contribution in [0.5, 0.6) is 6.08 Å². The SMILES string of the molecule is O=C(Nc1ccc(N2CCN(C(=O)OC3CCCC3)CC2)nc1)c1oc(OC2CCCCC2)nc1C(F)(F)F. The summed E-state index contributed by atoms with van der Waals surface area (Å²) in [4.78, 5) is 36.5. The number of ether oxygens (including phenoxy) is 2. The number of pyridine rings is 1. The third kappa shape index (κ3) is 6.74. The number of carbonyl (C=O) groups is 2. The normalized spacial score (nSPS) is 19.3. The van der Waals surface area contributed by atoms with Crippen LogP contribution in [0.15, 0.2) is 22.7 Å². The Morgan fingerprint density at radius 1 is 0.949 bits per heavy atom. The van der Waals surface area contributed by atoms with E-state index in [0.717, 1.165) is 44.9 Å². The van der Waals surface area contributed by atoms with Crippen molar-refractivity contribution in [3.8, 4) is 6.08 Å². The number of alkyl halides is 3. The van der Waals surface area contributed by atoms with Crippen molar-refractivity contribution in [1.82, 2.24) is 14.9 Å². The largest absolute Gasteiger partial charge is 0.447 e. The van der Waals surface area contributed by atoms with Gasteiger partial charge in [0.1, 0.15) is 18.0 Å². The molecule has 1 N–H and O–H groups in total. The van der Waals surface area contributed by atoms with Gasteiger partial charge in [-0.2, -0.15) is 18.2 Å². The fraction of sp³-hybridized carbons (Fsp3) is 0.615. The molecule has 2 saturated carbocycles. The molecule has 0 radical (unpaired) electrons. The molecule has 2 amide bonds. The van der Waals surface area contributed by atoms with Crippen molar-refractivity contribution in [2.75, 3.05) is 36.4 Å². The Morgan fingerprint density at radius 3 is 2.26 bits per heavy atom. The summed E-state index contributed by atoms with van der Waals surface area (Å²) in [5.74, 6) is -1.44. The standard InChI is InChI=1S/C26H32F3N5O5/c27-26(28,29)22-21(39-24(32-22)37-18-6-2-1-3-7-18)23(35)31-17-10-11-20(30-16-17)33-12-14-34(15-13-33)25(36)38-19-8-4-5-9-19/h10-11,16,18-19H,1-9,12-15H2,(H,31,35). The second-order valence-electron chi connectivity index (χ2n) is 10.2. The van der Waals surface area contributed by atoms with Gasteiger partial charge in [0.05, 0.1) is 11.9 Å². The summed E-state index contributed by atoms with van der Waals surface area (Å²) in [5, 5.41) is 2.40. The van der Waals surface area contributed by atoms with Crippen LogP contribution < -0.4 is 15.0 Å². The molecule has 2 aromatic heterocycles. The second kappa shape index (κ2) is 11.7. The van der Waals surface area contributed by atoms with Crippen LogP contribution in [0.25, 0.3) is 0 Å². The van der Waals surface area contributed by atoms with Crippen LogP contribution in [0.3, 0.4) is 0 Å². The van der Waals surface area contributed by atoms with Gasteiger partial charge < -0.3 is 29.0 Å². The zero-order valence-corrected chi connectivity index (χ0v) is 21.5. The average Bonchev–Trinajstić information content (AvgIpc) is 3.60. The molecule has 39 heavy (non-hydrogen) atoms. The molecule has 3 fully saturated rings. The number of piperazine rings is 1. The van der Waals surface area contributed by atoms with Gasteiger partial charge in [0, 0.05) is 26.2 Å². The maximum absolute atomic E-state index is 13.6. The first-order valence-corrected chi connectivity index (χ1v) is 13.5. The zero-order chi connectivity index (χ0) is 27.4. The van der Waals surface area contributed by atoms with Gasteiger partial charge in [0.2, 0.25) is 5.76 Å². The van der Waals surface area contributed by atoms with E-state index in [1.54, 1.807) is 17.0 Å². The molecule has 0 atom stereocenters. The van der Waals surface area contributed by atoms with Crippen LogP contribution in [0, 0.1) is 0 Å². The first-order chi connectivity index (χ1) is 18.8. The van der Waals surface area contributed by atoms with E-state index in [1.165, 1.54) is 6.20 Å². The van der Waals surface area contributed by atoms with Crippen molar-refractivity contribution in [2.24, 2.45) is 0 Å². The van der Waals surface area contributed by atoms with Gasteiger partial charge in [-0.25, -0.2) is 9.78 Å². The van der Waals surface area contributed by atoms with E-state index in [1.807, 2.05) is 4.90 Å². The monoisotopic (exact) mass is 551 g/mol. The Kier molecular flexibility index (Phi) is 8.12. The first kappa shape index (κ1) is 27.1. The highest BCUT2D eigenvalue weighted by Crippen LogP contribution is 2.35. The van der Waals surface area contributed by atoms with E-state index >= 15 is 0 Å². The fourth-order valence-electron chi connectivity index (χ4n) is 5.20. The van der Waals surface area contributed by atoms with Crippen molar-refractivity contribution in [3.05, 3.63) is 29.8 Å². The number of oxazole rings is 1. The number of rotatable bonds is 6. The lowest BCUT2D eigenvalue weighted by Crippen LogP contribution is -2.49. The van der Waals surface area contributed by atoms with Gasteiger partial charge in [-0.15, -0.1) is 0 Å². The summed E-state index contributed by atoms with van der Waals surface area (Å²) >= 11 is 0. The summed E-state index contributed by atoms with van der Waals surface area (Å²) in [7, 11) is 0. The Balaban J connectivity index is 1.17. The van der Waals surface area contributed by atoms with Crippen molar-refractivity contribution in [1.29, 1.82) is 0 Å². The molecule has 2 aromatic rings. The number of anilines is 2. The number of hydrogen-bond acceptors (Lipinski definition) is 8. The smallest absolute Gasteiger partial charge is 0.437 e. The minimum absolute atomic E-state index is 0.0140. The summed E-state index contributed by atoms with van der Waals surface area (Å²) in [6.45, 7) is 2.08. The zero-order valence-electron chi connectivity index (χ0n) is 21.5. The van der Waals surface area contributed by atoms with Crippen LogP contribution >= 0.6 is 0 Å². The van der Waals surface area contributed by atoms with E-state index < -0.39 is 29.6 Å². The Hall–Kier alpha value is -3.51. The van der Waals surface area contributed by atoms with Crippen molar-refractivity contribution in [3.63, 3.8) is 0 Å². The number of amides is 2. The molecule has 10 nitrogen and oxygen atoms in total. The lowest BCUT2D eigenvalue weighted by atomic mass is 9.98. The molecule has 0 aromatic carbocycles. The van der Waals surface area contributed by atoms with Gasteiger partial charge in [0.15, 0.2) is 5.69 Å². The van der Waals surface area contributed by atoms with Gasteiger partial charge in [0.25, 0.3) is 5.91 Å². The molecule has 1 aliphatic heterocycles. The molecule has 3 aliphatic rings. The Morgan fingerprint density at radius 2 is 1.62 bits per heavy atom.